The van der Waals surface area contributed by atoms with Crippen molar-refractivity contribution in [3.05, 3.63) is 33.3 Å². The predicted octanol–water partition coefficient (Wildman–Crippen LogP) is 4.22. The number of benzene rings is 1. The highest BCUT2D eigenvalue weighted by molar-refractivity contribution is 9.10. The van der Waals surface area contributed by atoms with Gasteiger partial charge in [-0.1, -0.05) is 18.5 Å². The molecule has 1 aromatic rings. The average molecular weight is 374 g/mol. The van der Waals surface area contributed by atoms with Gasteiger partial charge in [-0.25, -0.2) is 0 Å². The van der Waals surface area contributed by atoms with Crippen molar-refractivity contribution in [2.45, 2.75) is 51.1 Å². The molecule has 0 aliphatic heterocycles. The SMILES string of the molecule is CCCN(C(=O)c1ccc(Br)c(Cl)c1)C1CCC(N)CC1. The first-order chi connectivity index (χ1) is 10.0. The van der Waals surface area contributed by atoms with Crippen molar-refractivity contribution in [3.63, 3.8) is 0 Å². The Morgan fingerprint density at radius 2 is 2.05 bits per heavy atom. The minimum Gasteiger partial charge on any atom is -0.336 e. The van der Waals surface area contributed by atoms with E-state index in [2.05, 4.69) is 22.9 Å². The fraction of sp³-hybridized carbons (Fsp3) is 0.562. The zero-order valence-corrected chi connectivity index (χ0v) is 14.7. The van der Waals surface area contributed by atoms with Gasteiger partial charge in [0.2, 0.25) is 0 Å². The molecule has 1 saturated carbocycles. The van der Waals surface area contributed by atoms with Gasteiger partial charge < -0.3 is 10.6 Å². The van der Waals surface area contributed by atoms with Crippen LogP contribution < -0.4 is 5.73 Å². The van der Waals surface area contributed by atoms with E-state index in [1.807, 2.05) is 17.0 Å². The monoisotopic (exact) mass is 372 g/mol. The maximum Gasteiger partial charge on any atom is 0.254 e. The molecule has 0 aromatic heterocycles. The van der Waals surface area contributed by atoms with Gasteiger partial charge >= 0.3 is 0 Å². The number of nitrogens with two attached hydrogens (primary N) is 1. The van der Waals surface area contributed by atoms with Gasteiger partial charge in [-0.05, 0) is 66.2 Å². The van der Waals surface area contributed by atoms with E-state index in [-0.39, 0.29) is 5.91 Å². The molecule has 1 amide bonds. The van der Waals surface area contributed by atoms with Gasteiger partial charge in [0.1, 0.15) is 0 Å². The van der Waals surface area contributed by atoms with Crippen LogP contribution in [0, 0.1) is 0 Å². The summed E-state index contributed by atoms with van der Waals surface area (Å²) in [4.78, 5) is 14.8. The van der Waals surface area contributed by atoms with Gasteiger partial charge in [-0.2, -0.15) is 0 Å². The van der Waals surface area contributed by atoms with E-state index in [1.165, 1.54) is 0 Å². The van der Waals surface area contributed by atoms with Crippen molar-refractivity contribution >= 4 is 33.4 Å². The molecular weight excluding hydrogens is 352 g/mol. The van der Waals surface area contributed by atoms with Crippen LogP contribution in [0.3, 0.4) is 0 Å². The highest BCUT2D eigenvalue weighted by Crippen LogP contribution is 2.27. The largest absolute Gasteiger partial charge is 0.336 e. The number of hydrogen-bond donors (Lipinski definition) is 1. The molecule has 0 unspecified atom stereocenters. The third kappa shape index (κ3) is 4.21. The standard InChI is InChI=1S/C16H22BrClN2O/c1-2-9-20(13-6-4-12(19)5-7-13)16(21)11-3-8-14(17)15(18)10-11/h3,8,10,12-13H,2,4-7,9,19H2,1H3. The third-order valence-corrected chi connectivity index (χ3v) is 5.31. The summed E-state index contributed by atoms with van der Waals surface area (Å²) >= 11 is 9.47. The van der Waals surface area contributed by atoms with Gasteiger partial charge in [0, 0.05) is 28.7 Å². The fourth-order valence-corrected chi connectivity index (χ4v) is 3.33. The Bertz CT molecular complexity index is 501. The van der Waals surface area contributed by atoms with Gasteiger partial charge in [-0.3, -0.25) is 4.79 Å². The number of rotatable bonds is 4. The van der Waals surface area contributed by atoms with Gasteiger partial charge in [-0.15, -0.1) is 0 Å². The molecule has 0 spiro atoms. The van der Waals surface area contributed by atoms with Crippen molar-refractivity contribution in [1.29, 1.82) is 0 Å². The van der Waals surface area contributed by atoms with Crippen molar-refractivity contribution in [2.24, 2.45) is 5.73 Å². The molecule has 3 nitrogen and oxygen atoms in total. The van der Waals surface area contributed by atoms with E-state index < -0.39 is 0 Å². The van der Waals surface area contributed by atoms with E-state index in [4.69, 9.17) is 17.3 Å². The Morgan fingerprint density at radius 3 is 2.62 bits per heavy atom. The van der Waals surface area contributed by atoms with Crippen LogP contribution in [0.2, 0.25) is 5.02 Å². The number of nitrogens with zero attached hydrogens (tertiary/aromatic N) is 1. The summed E-state index contributed by atoms with van der Waals surface area (Å²) < 4.78 is 0.811. The highest BCUT2D eigenvalue weighted by atomic mass is 79.9. The van der Waals surface area contributed by atoms with Crippen LogP contribution >= 0.6 is 27.5 Å². The van der Waals surface area contributed by atoms with Crippen LogP contribution in [-0.4, -0.2) is 29.4 Å². The lowest BCUT2D eigenvalue weighted by molar-refractivity contribution is 0.0626. The topological polar surface area (TPSA) is 46.3 Å². The molecule has 0 saturated heterocycles. The number of amides is 1. The predicted molar refractivity (Wildman–Crippen MR) is 90.7 cm³/mol. The van der Waals surface area contributed by atoms with Crippen LogP contribution in [0.1, 0.15) is 49.4 Å². The molecule has 21 heavy (non-hydrogen) atoms. The molecule has 1 aliphatic rings. The fourth-order valence-electron chi connectivity index (χ4n) is 2.90. The van der Waals surface area contributed by atoms with Gasteiger partial charge in [0.15, 0.2) is 0 Å². The van der Waals surface area contributed by atoms with Crippen molar-refractivity contribution < 1.29 is 4.79 Å². The molecule has 2 N–H and O–H groups in total. The Morgan fingerprint density at radius 1 is 1.38 bits per heavy atom. The van der Waals surface area contributed by atoms with E-state index in [1.54, 1.807) is 6.07 Å². The normalized spacial score (nSPS) is 22.1. The van der Waals surface area contributed by atoms with Crippen LogP contribution in [0.4, 0.5) is 0 Å². The minimum atomic E-state index is 0.0757. The summed E-state index contributed by atoms with van der Waals surface area (Å²) in [5.74, 6) is 0.0757. The van der Waals surface area contributed by atoms with Gasteiger partial charge in [0.25, 0.3) is 5.91 Å². The lowest BCUT2D eigenvalue weighted by Crippen LogP contribution is -2.44. The van der Waals surface area contributed by atoms with E-state index in [9.17, 15) is 4.79 Å². The van der Waals surface area contributed by atoms with E-state index in [0.717, 1.165) is 43.1 Å². The molecule has 0 radical (unpaired) electrons. The Labute approximate surface area is 140 Å². The van der Waals surface area contributed by atoms with Crippen LogP contribution in [0.25, 0.3) is 0 Å². The Hall–Kier alpha value is -0.580. The first kappa shape index (κ1) is 16.8. The lowest BCUT2D eigenvalue weighted by Gasteiger charge is -2.36. The maximum atomic E-state index is 12.8. The summed E-state index contributed by atoms with van der Waals surface area (Å²) in [5, 5.41) is 0.572. The quantitative estimate of drug-likeness (QED) is 0.858. The molecule has 5 heteroatoms. The second kappa shape index (κ2) is 7.61. The van der Waals surface area contributed by atoms with Crippen molar-refractivity contribution in [1.82, 2.24) is 4.90 Å². The summed E-state index contributed by atoms with van der Waals surface area (Å²) in [6.07, 6.45) is 4.95. The Kier molecular flexibility index (Phi) is 6.08. The molecule has 0 atom stereocenters. The van der Waals surface area contributed by atoms with Crippen molar-refractivity contribution in [2.75, 3.05) is 6.54 Å². The first-order valence-electron chi connectivity index (χ1n) is 7.54. The highest BCUT2D eigenvalue weighted by Gasteiger charge is 2.28. The van der Waals surface area contributed by atoms with Crippen LogP contribution in [-0.2, 0) is 0 Å². The molecule has 1 aliphatic carbocycles. The average Bonchev–Trinajstić information content (AvgIpc) is 2.48. The number of carbonyl (C=O) groups excluding carboxylic acids is 1. The van der Waals surface area contributed by atoms with E-state index in [0.29, 0.717) is 22.7 Å². The molecule has 1 fully saturated rings. The van der Waals surface area contributed by atoms with Crippen LogP contribution in [0.15, 0.2) is 22.7 Å². The summed E-state index contributed by atoms with van der Waals surface area (Å²) in [6, 6.07) is 6.00. The van der Waals surface area contributed by atoms with Crippen molar-refractivity contribution in [3.8, 4) is 0 Å². The number of hydrogen-bond acceptors (Lipinski definition) is 2. The first-order valence-corrected chi connectivity index (χ1v) is 8.71. The van der Waals surface area contributed by atoms with E-state index >= 15 is 0 Å². The molecule has 0 heterocycles. The molecule has 2 rings (SSSR count). The number of halogens is 2. The second-order valence-electron chi connectivity index (χ2n) is 5.70. The smallest absolute Gasteiger partial charge is 0.254 e. The van der Waals surface area contributed by atoms with Gasteiger partial charge in [0.05, 0.1) is 5.02 Å². The zero-order chi connectivity index (χ0) is 15.4. The lowest BCUT2D eigenvalue weighted by atomic mass is 9.90. The molecule has 0 bridgehead atoms. The summed E-state index contributed by atoms with van der Waals surface area (Å²) in [5.41, 5.74) is 6.63. The molecular formula is C16H22BrClN2O. The number of carbonyl (C=O) groups is 1. The molecule has 116 valence electrons. The molecule has 1 aromatic carbocycles. The minimum absolute atomic E-state index is 0.0757. The second-order valence-corrected chi connectivity index (χ2v) is 6.96. The zero-order valence-electron chi connectivity index (χ0n) is 12.3. The summed E-state index contributed by atoms with van der Waals surface area (Å²) in [6.45, 7) is 2.88. The third-order valence-electron chi connectivity index (χ3n) is 4.07. The summed E-state index contributed by atoms with van der Waals surface area (Å²) in [7, 11) is 0. The van der Waals surface area contributed by atoms with Crippen LogP contribution in [0.5, 0.6) is 0 Å². The Balaban J connectivity index is 2.16. The maximum absolute atomic E-state index is 12.8.